The fraction of sp³-hybridized carbons (Fsp3) is 0. The quantitative estimate of drug-likeness (QED) is 0.255. The van der Waals surface area contributed by atoms with Crippen molar-refractivity contribution in [3.05, 3.63) is 86.6 Å². The van der Waals surface area contributed by atoms with Crippen molar-refractivity contribution in [3.8, 4) is 28.7 Å². The highest BCUT2D eigenvalue weighted by molar-refractivity contribution is 7.11. The van der Waals surface area contributed by atoms with E-state index >= 15 is 0 Å². The van der Waals surface area contributed by atoms with Crippen LogP contribution in [0.2, 0.25) is 10.0 Å². The Balaban J connectivity index is 1.70. The number of hydrogen-bond donors (Lipinski definition) is 1. The van der Waals surface area contributed by atoms with E-state index in [-0.39, 0.29) is 22.9 Å². The molecule has 0 radical (unpaired) electrons. The third kappa shape index (κ3) is 3.96. The summed E-state index contributed by atoms with van der Waals surface area (Å²) in [6.45, 7) is 0. The molecule has 4 nitrogen and oxygen atoms in total. The Kier molecular flexibility index (Phi) is 5.60. The molecular weight excluding hydrogens is 446 g/mol. The Morgan fingerprint density at radius 3 is 2.60 bits per heavy atom. The highest BCUT2D eigenvalue weighted by atomic mass is 35.5. The normalized spacial score (nSPS) is 11.8. The molecule has 2 heterocycles. The van der Waals surface area contributed by atoms with Crippen molar-refractivity contribution in [1.29, 1.82) is 5.26 Å². The molecule has 2 aromatic heterocycles. The molecule has 1 N–H and O–H groups in total. The minimum Gasteiger partial charge on any atom is -0.503 e. The van der Waals surface area contributed by atoms with Gasteiger partial charge < -0.3 is 9.52 Å². The Bertz CT molecular complexity index is 1300. The van der Waals surface area contributed by atoms with Gasteiger partial charge in [0.05, 0.1) is 10.7 Å². The minimum absolute atomic E-state index is 0.0357. The number of rotatable bonds is 4. The van der Waals surface area contributed by atoms with Crippen LogP contribution in [0.4, 0.5) is 4.39 Å². The van der Waals surface area contributed by atoms with E-state index in [0.717, 1.165) is 0 Å². The second kappa shape index (κ2) is 8.33. The molecule has 0 fully saturated rings. The second-order valence-corrected chi connectivity index (χ2v) is 7.87. The van der Waals surface area contributed by atoms with Gasteiger partial charge in [0.2, 0.25) is 0 Å². The summed E-state index contributed by atoms with van der Waals surface area (Å²) in [6, 6.07) is 15.9. The molecule has 2 aromatic carbocycles. The summed E-state index contributed by atoms with van der Waals surface area (Å²) in [5.74, 6) is -0.205. The number of nitriles is 1. The highest BCUT2D eigenvalue weighted by Gasteiger charge is 2.19. The lowest BCUT2D eigenvalue weighted by Crippen LogP contribution is -1.89. The van der Waals surface area contributed by atoms with E-state index in [1.807, 2.05) is 6.07 Å². The summed E-state index contributed by atoms with van der Waals surface area (Å²) in [4.78, 5) is 4.39. The van der Waals surface area contributed by atoms with Gasteiger partial charge in [0, 0.05) is 21.5 Å². The summed E-state index contributed by atoms with van der Waals surface area (Å²) in [5, 5.41) is 23.2. The average Bonchev–Trinajstić information content (AvgIpc) is 3.41. The molecule has 0 saturated heterocycles. The first-order chi connectivity index (χ1) is 14.5. The lowest BCUT2D eigenvalue weighted by atomic mass is 10.1. The molecule has 0 aliphatic heterocycles. The van der Waals surface area contributed by atoms with Gasteiger partial charge in [0.25, 0.3) is 0 Å². The number of furan rings is 1. The van der Waals surface area contributed by atoms with Gasteiger partial charge in [-0.25, -0.2) is 9.37 Å². The highest BCUT2D eigenvalue weighted by Crippen LogP contribution is 2.35. The summed E-state index contributed by atoms with van der Waals surface area (Å²) >= 11 is 13.4. The number of hydrogen-bond acceptors (Lipinski definition) is 5. The fourth-order valence-electron chi connectivity index (χ4n) is 2.76. The van der Waals surface area contributed by atoms with E-state index in [2.05, 4.69) is 4.98 Å². The van der Waals surface area contributed by atoms with Gasteiger partial charge in [0.1, 0.15) is 28.2 Å². The van der Waals surface area contributed by atoms with E-state index in [9.17, 15) is 14.8 Å². The van der Waals surface area contributed by atoms with Crippen molar-refractivity contribution in [2.75, 3.05) is 0 Å². The van der Waals surface area contributed by atoms with Crippen LogP contribution in [0.5, 0.6) is 0 Å². The molecule has 0 aliphatic rings. The van der Waals surface area contributed by atoms with Crippen LogP contribution >= 0.6 is 34.5 Å². The van der Waals surface area contributed by atoms with Crippen molar-refractivity contribution in [3.63, 3.8) is 0 Å². The van der Waals surface area contributed by atoms with Gasteiger partial charge in [-0.2, -0.15) is 5.26 Å². The minimum atomic E-state index is -0.349. The molecular formula is C22H11Cl2FN2O2S. The summed E-state index contributed by atoms with van der Waals surface area (Å²) in [7, 11) is 0. The number of halogens is 3. The van der Waals surface area contributed by atoms with Crippen LogP contribution in [0.1, 0.15) is 10.8 Å². The maximum absolute atomic E-state index is 13.1. The Labute approximate surface area is 185 Å². The summed E-state index contributed by atoms with van der Waals surface area (Å²) in [6.07, 6.45) is 0. The summed E-state index contributed by atoms with van der Waals surface area (Å²) < 4.78 is 18.8. The number of aromatic nitrogens is 1. The standard InChI is InChI=1S/C22H11Cl2FN2O2S/c23-13-3-6-17(24)15(9-13)19-7-8-20(29-19)21(28)16(10-26)22-27-18(11-30-22)12-1-4-14(25)5-2-12/h1-9,11,28H. The zero-order valence-electron chi connectivity index (χ0n) is 15.1. The molecule has 4 aromatic rings. The topological polar surface area (TPSA) is 70.0 Å². The van der Waals surface area contributed by atoms with Gasteiger partial charge in [-0.1, -0.05) is 23.2 Å². The third-order valence-electron chi connectivity index (χ3n) is 4.24. The Hall–Kier alpha value is -3.11. The molecule has 0 bridgehead atoms. The smallest absolute Gasteiger partial charge is 0.179 e. The first-order valence-corrected chi connectivity index (χ1v) is 10.2. The van der Waals surface area contributed by atoms with Gasteiger partial charge in [-0.05, 0) is 54.6 Å². The fourth-order valence-corrected chi connectivity index (χ4v) is 3.97. The molecule has 8 heteroatoms. The largest absolute Gasteiger partial charge is 0.503 e. The predicted octanol–water partition coefficient (Wildman–Crippen LogP) is 7.47. The number of allylic oxidation sites excluding steroid dienone is 1. The second-order valence-electron chi connectivity index (χ2n) is 6.17. The average molecular weight is 457 g/mol. The zero-order valence-corrected chi connectivity index (χ0v) is 17.4. The van der Waals surface area contributed by atoms with E-state index in [1.54, 1.807) is 41.8 Å². The molecule has 0 saturated carbocycles. The SMILES string of the molecule is N#CC(=C(O)c1ccc(-c2cc(Cl)ccc2Cl)o1)c1nc(-c2ccc(F)cc2)cs1. The number of nitrogens with zero attached hydrogens (tertiary/aromatic N) is 2. The maximum atomic E-state index is 13.1. The van der Waals surface area contributed by atoms with Crippen LogP contribution in [-0.2, 0) is 0 Å². The maximum Gasteiger partial charge on any atom is 0.179 e. The zero-order chi connectivity index (χ0) is 21.3. The van der Waals surface area contributed by atoms with Crippen molar-refractivity contribution >= 4 is 45.9 Å². The predicted molar refractivity (Wildman–Crippen MR) is 117 cm³/mol. The van der Waals surface area contributed by atoms with E-state index in [1.165, 1.54) is 29.5 Å². The lowest BCUT2D eigenvalue weighted by molar-refractivity contribution is 0.466. The van der Waals surface area contributed by atoms with E-state index in [0.29, 0.717) is 37.6 Å². The van der Waals surface area contributed by atoms with E-state index in [4.69, 9.17) is 27.6 Å². The van der Waals surface area contributed by atoms with Crippen molar-refractivity contribution in [1.82, 2.24) is 4.98 Å². The molecule has 0 unspecified atom stereocenters. The van der Waals surface area contributed by atoms with Crippen LogP contribution in [-0.4, -0.2) is 10.1 Å². The van der Waals surface area contributed by atoms with Crippen LogP contribution < -0.4 is 0 Å². The van der Waals surface area contributed by atoms with Crippen LogP contribution in [0.3, 0.4) is 0 Å². The lowest BCUT2D eigenvalue weighted by Gasteiger charge is -2.02. The van der Waals surface area contributed by atoms with Gasteiger partial charge in [0.15, 0.2) is 11.5 Å². The molecule has 0 spiro atoms. The van der Waals surface area contributed by atoms with Gasteiger partial charge in [-0.15, -0.1) is 11.3 Å². The number of benzene rings is 2. The van der Waals surface area contributed by atoms with Gasteiger partial charge >= 0.3 is 0 Å². The molecule has 0 atom stereocenters. The number of aliphatic hydroxyl groups excluding tert-OH is 1. The van der Waals surface area contributed by atoms with E-state index < -0.39 is 0 Å². The van der Waals surface area contributed by atoms with Crippen LogP contribution in [0.25, 0.3) is 33.9 Å². The first-order valence-electron chi connectivity index (χ1n) is 8.57. The molecule has 30 heavy (non-hydrogen) atoms. The molecule has 0 amide bonds. The summed E-state index contributed by atoms with van der Waals surface area (Å²) in [5.41, 5.74) is 1.80. The number of thiazole rings is 1. The van der Waals surface area contributed by atoms with Crippen molar-refractivity contribution in [2.24, 2.45) is 0 Å². The molecule has 0 aliphatic carbocycles. The van der Waals surface area contributed by atoms with Crippen LogP contribution in [0, 0.1) is 17.1 Å². The Morgan fingerprint density at radius 1 is 1.10 bits per heavy atom. The van der Waals surface area contributed by atoms with Gasteiger partial charge in [-0.3, -0.25) is 0 Å². The first kappa shape index (κ1) is 20.2. The molecule has 4 rings (SSSR count). The number of aliphatic hydroxyl groups is 1. The van der Waals surface area contributed by atoms with Crippen molar-refractivity contribution < 1.29 is 13.9 Å². The third-order valence-corrected chi connectivity index (χ3v) is 5.66. The monoisotopic (exact) mass is 456 g/mol. The van der Waals surface area contributed by atoms with Crippen LogP contribution in [0.15, 0.2) is 64.4 Å². The van der Waals surface area contributed by atoms with Crippen molar-refractivity contribution in [2.45, 2.75) is 0 Å². The molecule has 148 valence electrons. The Morgan fingerprint density at radius 2 is 1.87 bits per heavy atom.